The third-order valence-corrected chi connectivity index (χ3v) is 6.22. The predicted octanol–water partition coefficient (Wildman–Crippen LogP) is 4.25. The number of anilines is 2. The van der Waals surface area contributed by atoms with Crippen molar-refractivity contribution in [2.24, 2.45) is 5.41 Å². The standard InChI is InChI=1S/C28H28ClN5O6/c1-28(2,24(35)39-4)17-34-26(36)32-25(33(27(34)37)16-18-5-7-19(29)8-6-18)31-20-9-11-21(12-10-20)40-23-13-22(38-3)14-30-15-23/h5-15H,16-17H2,1-4H3,(H,31,32,36). The van der Waals surface area contributed by atoms with Gasteiger partial charge in [0.1, 0.15) is 17.2 Å². The molecule has 0 bridgehead atoms. The number of rotatable bonds is 10. The molecule has 4 rings (SSSR count). The van der Waals surface area contributed by atoms with Gasteiger partial charge >= 0.3 is 17.3 Å². The van der Waals surface area contributed by atoms with Crippen molar-refractivity contribution in [1.29, 1.82) is 0 Å². The van der Waals surface area contributed by atoms with E-state index >= 15 is 0 Å². The molecular weight excluding hydrogens is 538 g/mol. The average Bonchev–Trinajstić information content (AvgIpc) is 2.95. The fourth-order valence-electron chi connectivity index (χ4n) is 3.85. The monoisotopic (exact) mass is 565 g/mol. The Bertz CT molecular complexity index is 1610. The minimum absolute atomic E-state index is 0.0303. The van der Waals surface area contributed by atoms with E-state index in [0.717, 1.165) is 10.1 Å². The van der Waals surface area contributed by atoms with Gasteiger partial charge in [0.2, 0.25) is 5.95 Å². The van der Waals surface area contributed by atoms with Crippen molar-refractivity contribution in [3.05, 3.63) is 98.5 Å². The number of pyridine rings is 1. The first-order valence-electron chi connectivity index (χ1n) is 12.2. The Balaban J connectivity index is 1.66. The van der Waals surface area contributed by atoms with Crippen molar-refractivity contribution in [3.8, 4) is 17.2 Å². The van der Waals surface area contributed by atoms with Crippen LogP contribution in [0.5, 0.6) is 17.2 Å². The number of carbonyl (C=O) groups is 1. The molecule has 1 N–H and O–H groups in total. The lowest BCUT2D eigenvalue weighted by Gasteiger charge is -2.23. The van der Waals surface area contributed by atoms with Gasteiger partial charge in [-0.3, -0.25) is 14.3 Å². The zero-order valence-corrected chi connectivity index (χ0v) is 23.1. The fourth-order valence-corrected chi connectivity index (χ4v) is 3.98. The smallest absolute Gasteiger partial charge is 0.354 e. The van der Waals surface area contributed by atoms with Gasteiger partial charge in [0, 0.05) is 23.3 Å². The van der Waals surface area contributed by atoms with E-state index in [0.29, 0.717) is 28.0 Å². The minimum atomic E-state index is -1.14. The van der Waals surface area contributed by atoms with Gasteiger partial charge in [-0.2, -0.15) is 4.98 Å². The largest absolute Gasteiger partial charge is 0.495 e. The average molecular weight is 566 g/mol. The van der Waals surface area contributed by atoms with Crippen molar-refractivity contribution in [1.82, 2.24) is 19.1 Å². The van der Waals surface area contributed by atoms with Crippen molar-refractivity contribution >= 4 is 29.2 Å². The number of nitrogens with zero attached hydrogens (tertiary/aromatic N) is 4. The number of esters is 1. The van der Waals surface area contributed by atoms with E-state index in [9.17, 15) is 14.4 Å². The van der Waals surface area contributed by atoms with Crippen molar-refractivity contribution in [2.75, 3.05) is 19.5 Å². The number of carbonyl (C=O) groups excluding carboxylic acids is 1. The molecule has 0 aliphatic carbocycles. The van der Waals surface area contributed by atoms with E-state index in [4.69, 9.17) is 25.8 Å². The zero-order chi connectivity index (χ0) is 28.9. The van der Waals surface area contributed by atoms with Crippen LogP contribution in [0.15, 0.2) is 76.6 Å². The highest BCUT2D eigenvalue weighted by molar-refractivity contribution is 6.30. The number of nitrogens with one attached hydrogen (secondary N) is 1. The summed E-state index contributed by atoms with van der Waals surface area (Å²) in [5.41, 5.74) is -1.27. The second-order valence-corrected chi connectivity index (χ2v) is 9.92. The molecule has 2 aromatic heterocycles. The lowest BCUT2D eigenvalue weighted by atomic mass is 9.94. The molecule has 0 atom stereocenters. The van der Waals surface area contributed by atoms with Gasteiger partial charge in [0.15, 0.2) is 0 Å². The van der Waals surface area contributed by atoms with Crippen molar-refractivity contribution < 1.29 is 19.0 Å². The lowest BCUT2D eigenvalue weighted by molar-refractivity contribution is -0.151. The first kappa shape index (κ1) is 28.4. The Labute approximate surface area is 234 Å². The molecule has 0 spiro atoms. The van der Waals surface area contributed by atoms with Crippen LogP contribution in [-0.2, 0) is 22.6 Å². The van der Waals surface area contributed by atoms with Crippen LogP contribution >= 0.6 is 11.6 Å². The van der Waals surface area contributed by atoms with Crippen molar-refractivity contribution in [2.45, 2.75) is 26.9 Å². The number of ether oxygens (including phenoxy) is 3. The second kappa shape index (κ2) is 12.0. The normalized spacial score (nSPS) is 11.1. The van der Waals surface area contributed by atoms with Crippen LogP contribution in [0, 0.1) is 5.41 Å². The van der Waals surface area contributed by atoms with Crippen LogP contribution in [-0.4, -0.2) is 39.3 Å². The van der Waals surface area contributed by atoms with Crippen LogP contribution < -0.4 is 26.2 Å². The molecule has 12 heteroatoms. The molecular formula is C28H28ClN5O6. The summed E-state index contributed by atoms with van der Waals surface area (Å²) in [6, 6.07) is 15.5. The maximum atomic E-state index is 13.6. The first-order valence-corrected chi connectivity index (χ1v) is 12.6. The van der Waals surface area contributed by atoms with Crippen LogP contribution in [0.25, 0.3) is 0 Å². The Morgan fingerprint density at radius 1 is 0.950 bits per heavy atom. The van der Waals surface area contributed by atoms with Crippen LogP contribution in [0.3, 0.4) is 0 Å². The molecule has 40 heavy (non-hydrogen) atoms. The molecule has 208 valence electrons. The Morgan fingerprint density at radius 3 is 2.27 bits per heavy atom. The quantitative estimate of drug-likeness (QED) is 0.281. The second-order valence-electron chi connectivity index (χ2n) is 9.49. The van der Waals surface area contributed by atoms with Crippen LogP contribution in [0.1, 0.15) is 19.4 Å². The van der Waals surface area contributed by atoms with E-state index in [2.05, 4.69) is 15.3 Å². The van der Waals surface area contributed by atoms with Gasteiger partial charge in [-0.15, -0.1) is 0 Å². The first-order chi connectivity index (χ1) is 19.1. The number of methoxy groups -OCH3 is 2. The molecule has 0 radical (unpaired) electrons. The molecule has 2 aromatic carbocycles. The molecule has 0 unspecified atom stereocenters. The van der Waals surface area contributed by atoms with Crippen LogP contribution in [0.2, 0.25) is 5.02 Å². The lowest BCUT2D eigenvalue weighted by Crippen LogP contribution is -2.46. The van der Waals surface area contributed by atoms with Gasteiger partial charge in [0.05, 0.1) is 38.6 Å². The fraction of sp³-hybridized carbons (Fsp3) is 0.250. The molecule has 0 aliphatic heterocycles. The summed E-state index contributed by atoms with van der Waals surface area (Å²) in [7, 11) is 2.79. The number of hydrogen-bond acceptors (Lipinski definition) is 9. The van der Waals surface area contributed by atoms with E-state index in [1.165, 1.54) is 11.7 Å². The molecule has 0 amide bonds. The summed E-state index contributed by atoms with van der Waals surface area (Å²) in [5.74, 6) is 1.06. The summed E-state index contributed by atoms with van der Waals surface area (Å²) < 4.78 is 18.1. The SMILES string of the molecule is COC(=O)C(C)(C)Cn1c(=O)nc(Nc2ccc(Oc3cncc(OC)c3)cc2)n(Cc2ccc(Cl)cc2)c1=O. The van der Waals surface area contributed by atoms with Crippen LogP contribution in [0.4, 0.5) is 11.6 Å². The molecule has 0 fully saturated rings. The highest BCUT2D eigenvalue weighted by atomic mass is 35.5. The van der Waals surface area contributed by atoms with E-state index < -0.39 is 22.8 Å². The molecule has 0 saturated heterocycles. The van der Waals surface area contributed by atoms with Gasteiger partial charge in [0.25, 0.3) is 0 Å². The zero-order valence-electron chi connectivity index (χ0n) is 22.4. The van der Waals surface area contributed by atoms with Gasteiger partial charge in [-0.1, -0.05) is 23.7 Å². The van der Waals surface area contributed by atoms with Gasteiger partial charge < -0.3 is 19.5 Å². The maximum Gasteiger partial charge on any atom is 0.354 e. The molecule has 11 nitrogen and oxygen atoms in total. The topological polar surface area (TPSA) is 127 Å². The van der Waals surface area contributed by atoms with E-state index in [-0.39, 0.29) is 19.0 Å². The van der Waals surface area contributed by atoms with E-state index in [1.807, 2.05) is 0 Å². The molecule has 0 saturated carbocycles. The molecule has 2 heterocycles. The summed E-state index contributed by atoms with van der Waals surface area (Å²) in [6.07, 6.45) is 3.13. The summed E-state index contributed by atoms with van der Waals surface area (Å²) in [6.45, 7) is 3.06. The highest BCUT2D eigenvalue weighted by Gasteiger charge is 2.31. The summed E-state index contributed by atoms with van der Waals surface area (Å²) in [5, 5.41) is 3.60. The third kappa shape index (κ3) is 6.67. The minimum Gasteiger partial charge on any atom is -0.495 e. The maximum absolute atomic E-state index is 13.6. The number of hydrogen-bond donors (Lipinski definition) is 1. The summed E-state index contributed by atoms with van der Waals surface area (Å²) >= 11 is 6.02. The van der Waals surface area contributed by atoms with Gasteiger partial charge in [-0.05, 0) is 55.8 Å². The molecule has 0 aliphatic rings. The van der Waals surface area contributed by atoms with E-state index in [1.54, 1.807) is 87.9 Å². The third-order valence-electron chi connectivity index (χ3n) is 5.97. The molecule has 4 aromatic rings. The number of benzene rings is 2. The Morgan fingerprint density at radius 2 is 1.62 bits per heavy atom. The number of aromatic nitrogens is 4. The Hall–Kier alpha value is -4.64. The Kier molecular flexibility index (Phi) is 8.54. The predicted molar refractivity (Wildman–Crippen MR) is 150 cm³/mol. The summed E-state index contributed by atoms with van der Waals surface area (Å²) in [4.78, 5) is 47.0. The van der Waals surface area contributed by atoms with Gasteiger partial charge in [-0.25, -0.2) is 14.2 Å². The van der Waals surface area contributed by atoms with Crippen molar-refractivity contribution in [3.63, 3.8) is 0 Å². The number of halogens is 1. The highest BCUT2D eigenvalue weighted by Crippen LogP contribution is 2.26.